The molecule has 0 spiro atoms. The number of aromatic hydroxyl groups is 2. The van der Waals surface area contributed by atoms with E-state index in [4.69, 9.17) is 15.3 Å². The summed E-state index contributed by atoms with van der Waals surface area (Å²) >= 11 is 0. The molecule has 0 saturated carbocycles. The van der Waals surface area contributed by atoms with Crippen molar-refractivity contribution >= 4 is 5.97 Å². The number of alkyl halides is 2. The van der Waals surface area contributed by atoms with E-state index < -0.39 is 24.1 Å². The second kappa shape index (κ2) is 3.72. The Kier molecular flexibility index (Phi) is 2.78. The lowest BCUT2D eigenvalue weighted by molar-refractivity contribution is -0.164. The molecule has 0 fully saturated rings. The Balaban J connectivity index is 2.99. The van der Waals surface area contributed by atoms with Crippen LogP contribution in [0.2, 0.25) is 0 Å². The van der Waals surface area contributed by atoms with Crippen LogP contribution in [0, 0.1) is 0 Å². The minimum absolute atomic E-state index is 0.316. The van der Waals surface area contributed by atoms with E-state index in [1.54, 1.807) is 0 Å². The predicted octanol–water partition coefficient (Wildman–Crippen LogP) is 1.36. The fourth-order valence-electron chi connectivity index (χ4n) is 1.03. The van der Waals surface area contributed by atoms with Crippen LogP contribution < -0.4 is 0 Å². The molecule has 0 aliphatic carbocycles. The van der Waals surface area contributed by atoms with Crippen LogP contribution in [-0.2, 0) is 11.2 Å². The molecule has 0 bridgehead atoms. The second-order valence-corrected chi connectivity index (χ2v) is 3.00. The number of phenolic OH excluding ortho intramolecular Hbond substituents is 2. The smallest absolute Gasteiger partial charge is 0.374 e. The highest BCUT2D eigenvalue weighted by atomic mass is 19.3. The zero-order chi connectivity index (χ0) is 11.6. The molecule has 0 aliphatic rings. The summed E-state index contributed by atoms with van der Waals surface area (Å²) in [6.07, 6.45) is -1.16. The molecule has 0 heterocycles. The van der Waals surface area contributed by atoms with Crippen LogP contribution in [0.25, 0.3) is 0 Å². The van der Waals surface area contributed by atoms with Gasteiger partial charge in [0.1, 0.15) is 11.5 Å². The molecule has 1 rings (SSSR count). The first-order chi connectivity index (χ1) is 6.83. The van der Waals surface area contributed by atoms with Crippen molar-refractivity contribution in [3.8, 4) is 11.5 Å². The van der Waals surface area contributed by atoms with Gasteiger partial charge < -0.3 is 15.3 Å². The number of hydrogen-bond donors (Lipinski definition) is 3. The molecular formula is C9H8F2O4. The molecular weight excluding hydrogens is 210 g/mol. The van der Waals surface area contributed by atoms with Gasteiger partial charge in [-0.05, 0) is 18.2 Å². The molecule has 1 aromatic carbocycles. The molecule has 0 aliphatic heterocycles. The molecule has 3 N–H and O–H groups in total. The number of halogens is 2. The van der Waals surface area contributed by atoms with E-state index in [9.17, 15) is 13.6 Å². The molecule has 0 saturated heterocycles. The van der Waals surface area contributed by atoms with Crippen LogP contribution in [0.3, 0.4) is 0 Å². The maximum absolute atomic E-state index is 12.8. The van der Waals surface area contributed by atoms with E-state index in [0.29, 0.717) is 0 Å². The number of benzene rings is 1. The van der Waals surface area contributed by atoms with Gasteiger partial charge in [0.2, 0.25) is 0 Å². The standard InChI is InChI=1S/C9H8F2O4/c10-9(11,8(14)15)4-5-3-6(12)1-2-7(5)13/h1-3,12-13H,4H2,(H,14,15). The molecule has 0 radical (unpaired) electrons. The monoisotopic (exact) mass is 218 g/mol. The number of phenols is 2. The van der Waals surface area contributed by atoms with Crippen LogP contribution in [0.15, 0.2) is 18.2 Å². The number of rotatable bonds is 3. The Morgan fingerprint density at radius 2 is 1.93 bits per heavy atom. The highest BCUT2D eigenvalue weighted by Gasteiger charge is 2.39. The molecule has 0 unspecified atom stereocenters. The van der Waals surface area contributed by atoms with Crippen molar-refractivity contribution in [3.63, 3.8) is 0 Å². The largest absolute Gasteiger partial charge is 0.508 e. The zero-order valence-electron chi connectivity index (χ0n) is 7.44. The lowest BCUT2D eigenvalue weighted by Crippen LogP contribution is -2.30. The Labute approximate surface area is 83.4 Å². The summed E-state index contributed by atoms with van der Waals surface area (Å²) in [7, 11) is 0. The first kappa shape index (κ1) is 11.2. The van der Waals surface area contributed by atoms with Gasteiger partial charge in [0.25, 0.3) is 0 Å². The Bertz CT molecular complexity index is 390. The first-order valence-electron chi connectivity index (χ1n) is 3.95. The van der Waals surface area contributed by atoms with Gasteiger partial charge in [-0.25, -0.2) is 4.79 Å². The van der Waals surface area contributed by atoms with Crippen LogP contribution in [0.4, 0.5) is 8.78 Å². The minimum Gasteiger partial charge on any atom is -0.508 e. The average molecular weight is 218 g/mol. The topological polar surface area (TPSA) is 77.8 Å². The van der Waals surface area contributed by atoms with E-state index in [1.807, 2.05) is 0 Å². The number of aliphatic carboxylic acids is 1. The normalized spacial score (nSPS) is 11.3. The fourth-order valence-corrected chi connectivity index (χ4v) is 1.03. The molecule has 82 valence electrons. The fraction of sp³-hybridized carbons (Fsp3) is 0.222. The molecule has 0 aromatic heterocycles. The highest BCUT2D eigenvalue weighted by molar-refractivity contribution is 5.75. The summed E-state index contributed by atoms with van der Waals surface area (Å²) in [6.45, 7) is 0. The quantitative estimate of drug-likeness (QED) is 0.669. The van der Waals surface area contributed by atoms with Crippen LogP contribution in [0.1, 0.15) is 5.56 Å². The maximum Gasteiger partial charge on any atom is 0.374 e. The zero-order valence-corrected chi connectivity index (χ0v) is 7.44. The van der Waals surface area contributed by atoms with Crippen LogP contribution >= 0.6 is 0 Å². The van der Waals surface area contributed by atoms with Crippen molar-refractivity contribution in [2.24, 2.45) is 0 Å². The molecule has 0 atom stereocenters. The summed E-state index contributed by atoms with van der Waals surface area (Å²) in [5.41, 5.74) is -0.317. The third kappa shape index (κ3) is 2.55. The van der Waals surface area contributed by atoms with Gasteiger partial charge in [0.15, 0.2) is 0 Å². The van der Waals surface area contributed by atoms with Gasteiger partial charge >= 0.3 is 11.9 Å². The third-order valence-corrected chi connectivity index (χ3v) is 1.79. The van der Waals surface area contributed by atoms with Crippen LogP contribution in [-0.4, -0.2) is 27.2 Å². The number of carboxylic acid groups (broad SMARTS) is 1. The molecule has 4 nitrogen and oxygen atoms in total. The highest BCUT2D eigenvalue weighted by Crippen LogP contribution is 2.28. The lowest BCUT2D eigenvalue weighted by atomic mass is 10.1. The number of carbonyl (C=O) groups is 1. The van der Waals surface area contributed by atoms with Gasteiger partial charge in [-0.15, -0.1) is 0 Å². The third-order valence-electron chi connectivity index (χ3n) is 1.79. The first-order valence-corrected chi connectivity index (χ1v) is 3.95. The van der Waals surface area contributed by atoms with Gasteiger partial charge in [-0.3, -0.25) is 0 Å². The van der Waals surface area contributed by atoms with Gasteiger partial charge in [0, 0.05) is 5.56 Å². The predicted molar refractivity (Wildman–Crippen MR) is 46.1 cm³/mol. The summed E-state index contributed by atoms with van der Waals surface area (Å²) < 4.78 is 25.5. The summed E-state index contributed by atoms with van der Waals surface area (Å²) in [6, 6.07) is 3.02. The maximum atomic E-state index is 12.8. The summed E-state index contributed by atoms with van der Waals surface area (Å²) in [5, 5.41) is 26.3. The van der Waals surface area contributed by atoms with Gasteiger partial charge in [-0.2, -0.15) is 8.78 Å². The molecule has 0 amide bonds. The van der Waals surface area contributed by atoms with Crippen molar-refractivity contribution in [3.05, 3.63) is 23.8 Å². The number of hydrogen-bond acceptors (Lipinski definition) is 3. The van der Waals surface area contributed by atoms with Crippen molar-refractivity contribution < 1.29 is 28.9 Å². The molecule has 6 heteroatoms. The summed E-state index contributed by atoms with van der Waals surface area (Å²) in [4.78, 5) is 10.1. The van der Waals surface area contributed by atoms with Gasteiger partial charge in [-0.1, -0.05) is 0 Å². The van der Waals surface area contributed by atoms with E-state index in [1.165, 1.54) is 0 Å². The molecule has 1 aromatic rings. The van der Waals surface area contributed by atoms with E-state index in [-0.39, 0.29) is 11.3 Å². The second-order valence-electron chi connectivity index (χ2n) is 3.00. The Hall–Kier alpha value is -1.85. The van der Waals surface area contributed by atoms with Crippen molar-refractivity contribution in [1.29, 1.82) is 0 Å². The number of carboxylic acids is 1. The van der Waals surface area contributed by atoms with E-state index >= 15 is 0 Å². The van der Waals surface area contributed by atoms with Crippen molar-refractivity contribution in [1.82, 2.24) is 0 Å². The Morgan fingerprint density at radius 3 is 2.47 bits per heavy atom. The lowest BCUT2D eigenvalue weighted by Gasteiger charge is -2.12. The minimum atomic E-state index is -3.97. The van der Waals surface area contributed by atoms with Crippen LogP contribution in [0.5, 0.6) is 11.5 Å². The Morgan fingerprint density at radius 1 is 1.33 bits per heavy atom. The average Bonchev–Trinajstić information content (AvgIpc) is 2.10. The SMILES string of the molecule is O=C(O)C(F)(F)Cc1cc(O)ccc1O. The summed E-state index contributed by atoms with van der Waals surface area (Å²) in [5.74, 6) is -7.03. The van der Waals surface area contributed by atoms with Crippen molar-refractivity contribution in [2.45, 2.75) is 12.3 Å². The molecule has 15 heavy (non-hydrogen) atoms. The van der Waals surface area contributed by atoms with Gasteiger partial charge in [0.05, 0.1) is 6.42 Å². The van der Waals surface area contributed by atoms with E-state index in [0.717, 1.165) is 18.2 Å². The van der Waals surface area contributed by atoms with Crippen molar-refractivity contribution in [2.75, 3.05) is 0 Å². The van der Waals surface area contributed by atoms with E-state index in [2.05, 4.69) is 0 Å².